The van der Waals surface area contributed by atoms with Gasteiger partial charge in [-0.1, -0.05) is 0 Å². The molecule has 1 aromatic carbocycles. The lowest BCUT2D eigenvalue weighted by molar-refractivity contribution is 0.0988. The van der Waals surface area contributed by atoms with Crippen LogP contribution in [0.25, 0.3) is 0 Å². The lowest BCUT2D eigenvalue weighted by Gasteiger charge is -2.21. The summed E-state index contributed by atoms with van der Waals surface area (Å²) in [7, 11) is 0. The standard InChI is InChI=1S/C14H13FN2O/c1-2-17(13-5-3-12(15)4-6-13)14(18)11-7-9-16-10-8-11/h3-10H,2H2,1H3. The molecule has 0 atom stereocenters. The van der Waals surface area contributed by atoms with Gasteiger partial charge >= 0.3 is 0 Å². The van der Waals surface area contributed by atoms with Crippen LogP contribution in [0.4, 0.5) is 10.1 Å². The van der Waals surface area contributed by atoms with E-state index in [2.05, 4.69) is 4.98 Å². The second-order valence-corrected chi connectivity index (χ2v) is 3.76. The summed E-state index contributed by atoms with van der Waals surface area (Å²) in [5.41, 5.74) is 1.25. The molecule has 4 heteroatoms. The minimum Gasteiger partial charge on any atom is -0.309 e. The molecule has 0 saturated carbocycles. The molecule has 2 aromatic rings. The fraction of sp³-hybridized carbons (Fsp3) is 0.143. The molecule has 18 heavy (non-hydrogen) atoms. The molecule has 0 aliphatic rings. The summed E-state index contributed by atoms with van der Waals surface area (Å²) < 4.78 is 12.9. The Balaban J connectivity index is 2.29. The van der Waals surface area contributed by atoms with E-state index in [1.807, 2.05) is 6.92 Å². The first kappa shape index (κ1) is 12.2. The Morgan fingerprint density at radius 1 is 1.17 bits per heavy atom. The third kappa shape index (κ3) is 2.53. The van der Waals surface area contributed by atoms with Gasteiger partial charge in [0.05, 0.1) is 0 Å². The molecule has 1 heterocycles. The van der Waals surface area contributed by atoms with Crippen molar-refractivity contribution in [2.75, 3.05) is 11.4 Å². The summed E-state index contributed by atoms with van der Waals surface area (Å²) in [6.45, 7) is 2.40. The SMILES string of the molecule is CCN(C(=O)c1ccncc1)c1ccc(F)cc1. The lowest BCUT2D eigenvalue weighted by atomic mass is 10.2. The fourth-order valence-corrected chi connectivity index (χ4v) is 1.71. The van der Waals surface area contributed by atoms with Crippen LogP contribution in [0.2, 0.25) is 0 Å². The van der Waals surface area contributed by atoms with Crippen LogP contribution < -0.4 is 4.90 Å². The number of benzene rings is 1. The van der Waals surface area contributed by atoms with E-state index in [9.17, 15) is 9.18 Å². The number of rotatable bonds is 3. The highest BCUT2D eigenvalue weighted by Crippen LogP contribution is 2.17. The molecule has 0 spiro atoms. The molecular formula is C14H13FN2O. The minimum atomic E-state index is -0.314. The summed E-state index contributed by atoms with van der Waals surface area (Å²) in [6, 6.07) is 9.20. The Labute approximate surface area is 105 Å². The Hall–Kier alpha value is -2.23. The zero-order valence-corrected chi connectivity index (χ0v) is 10.0. The van der Waals surface area contributed by atoms with Crippen LogP contribution in [0, 0.1) is 5.82 Å². The van der Waals surface area contributed by atoms with Crippen LogP contribution in [-0.2, 0) is 0 Å². The number of hydrogen-bond acceptors (Lipinski definition) is 2. The third-order valence-electron chi connectivity index (χ3n) is 2.63. The van der Waals surface area contributed by atoms with Crippen molar-refractivity contribution in [1.29, 1.82) is 0 Å². The fourth-order valence-electron chi connectivity index (χ4n) is 1.71. The van der Waals surface area contributed by atoms with Crippen LogP contribution in [0.1, 0.15) is 17.3 Å². The number of carbonyl (C=O) groups excluding carboxylic acids is 1. The predicted molar refractivity (Wildman–Crippen MR) is 68.0 cm³/mol. The maximum absolute atomic E-state index is 12.9. The third-order valence-corrected chi connectivity index (χ3v) is 2.63. The summed E-state index contributed by atoms with van der Waals surface area (Å²) >= 11 is 0. The number of anilines is 1. The number of pyridine rings is 1. The van der Waals surface area contributed by atoms with Gasteiger partial charge in [-0.2, -0.15) is 0 Å². The van der Waals surface area contributed by atoms with Crippen molar-refractivity contribution in [3.8, 4) is 0 Å². The highest BCUT2D eigenvalue weighted by atomic mass is 19.1. The maximum atomic E-state index is 12.9. The Bertz CT molecular complexity index is 525. The molecule has 0 radical (unpaired) electrons. The number of halogens is 1. The Morgan fingerprint density at radius 2 is 1.78 bits per heavy atom. The zero-order chi connectivity index (χ0) is 13.0. The van der Waals surface area contributed by atoms with Gasteiger partial charge in [-0.25, -0.2) is 4.39 Å². The van der Waals surface area contributed by atoms with E-state index in [1.54, 1.807) is 41.6 Å². The summed E-state index contributed by atoms with van der Waals surface area (Å²) in [5, 5.41) is 0. The van der Waals surface area contributed by atoms with Gasteiger partial charge in [-0.05, 0) is 43.3 Å². The zero-order valence-electron chi connectivity index (χ0n) is 10.0. The van der Waals surface area contributed by atoms with E-state index in [4.69, 9.17) is 0 Å². The monoisotopic (exact) mass is 244 g/mol. The number of hydrogen-bond donors (Lipinski definition) is 0. The van der Waals surface area contributed by atoms with Crippen LogP contribution in [-0.4, -0.2) is 17.4 Å². The van der Waals surface area contributed by atoms with Gasteiger partial charge in [-0.15, -0.1) is 0 Å². The maximum Gasteiger partial charge on any atom is 0.258 e. The molecule has 2 rings (SSSR count). The molecule has 1 amide bonds. The van der Waals surface area contributed by atoms with E-state index in [0.29, 0.717) is 17.8 Å². The molecule has 1 aromatic heterocycles. The second-order valence-electron chi connectivity index (χ2n) is 3.76. The van der Waals surface area contributed by atoms with Gasteiger partial charge in [0.25, 0.3) is 5.91 Å². The molecule has 0 N–H and O–H groups in total. The van der Waals surface area contributed by atoms with Gasteiger partial charge in [0.15, 0.2) is 0 Å². The highest BCUT2D eigenvalue weighted by Gasteiger charge is 2.15. The molecule has 0 unspecified atom stereocenters. The molecule has 0 bridgehead atoms. The van der Waals surface area contributed by atoms with Gasteiger partial charge in [0.1, 0.15) is 5.82 Å². The first-order valence-corrected chi connectivity index (χ1v) is 5.70. The highest BCUT2D eigenvalue weighted by molar-refractivity contribution is 6.05. The normalized spacial score (nSPS) is 10.1. The van der Waals surface area contributed by atoms with Crippen molar-refractivity contribution in [3.05, 3.63) is 60.2 Å². The van der Waals surface area contributed by atoms with Crippen LogP contribution >= 0.6 is 0 Å². The molecule has 0 aliphatic heterocycles. The van der Waals surface area contributed by atoms with Crippen molar-refractivity contribution >= 4 is 11.6 Å². The average molecular weight is 244 g/mol. The van der Waals surface area contributed by atoms with E-state index in [1.165, 1.54) is 12.1 Å². The Morgan fingerprint density at radius 3 is 2.33 bits per heavy atom. The van der Waals surface area contributed by atoms with Crippen LogP contribution in [0.5, 0.6) is 0 Å². The van der Waals surface area contributed by atoms with Crippen LogP contribution in [0.3, 0.4) is 0 Å². The minimum absolute atomic E-state index is 0.119. The molecule has 3 nitrogen and oxygen atoms in total. The molecule has 0 aliphatic carbocycles. The largest absolute Gasteiger partial charge is 0.309 e. The van der Waals surface area contributed by atoms with Crippen molar-refractivity contribution in [1.82, 2.24) is 4.98 Å². The smallest absolute Gasteiger partial charge is 0.258 e. The van der Waals surface area contributed by atoms with Crippen molar-refractivity contribution < 1.29 is 9.18 Å². The molecular weight excluding hydrogens is 231 g/mol. The van der Waals surface area contributed by atoms with Gasteiger partial charge in [-0.3, -0.25) is 9.78 Å². The van der Waals surface area contributed by atoms with Crippen LogP contribution in [0.15, 0.2) is 48.8 Å². The van der Waals surface area contributed by atoms with E-state index >= 15 is 0 Å². The summed E-state index contributed by atoms with van der Waals surface area (Å²) in [5.74, 6) is -0.433. The molecule has 0 fully saturated rings. The lowest BCUT2D eigenvalue weighted by Crippen LogP contribution is -2.30. The number of aromatic nitrogens is 1. The number of nitrogens with zero attached hydrogens (tertiary/aromatic N) is 2. The van der Waals surface area contributed by atoms with Crippen molar-refractivity contribution in [2.45, 2.75) is 6.92 Å². The van der Waals surface area contributed by atoms with E-state index in [-0.39, 0.29) is 11.7 Å². The van der Waals surface area contributed by atoms with Gasteiger partial charge < -0.3 is 4.90 Å². The second kappa shape index (κ2) is 5.40. The van der Waals surface area contributed by atoms with Crippen molar-refractivity contribution in [2.24, 2.45) is 0 Å². The quantitative estimate of drug-likeness (QED) is 0.831. The molecule has 92 valence electrons. The average Bonchev–Trinajstić information content (AvgIpc) is 2.42. The first-order valence-electron chi connectivity index (χ1n) is 5.70. The summed E-state index contributed by atoms with van der Waals surface area (Å²) in [6.07, 6.45) is 3.15. The van der Waals surface area contributed by atoms with E-state index in [0.717, 1.165) is 0 Å². The topological polar surface area (TPSA) is 33.2 Å². The van der Waals surface area contributed by atoms with Gasteiger partial charge in [0.2, 0.25) is 0 Å². The predicted octanol–water partition coefficient (Wildman–Crippen LogP) is 2.89. The number of amides is 1. The van der Waals surface area contributed by atoms with Crippen molar-refractivity contribution in [3.63, 3.8) is 0 Å². The number of carbonyl (C=O) groups is 1. The first-order chi connectivity index (χ1) is 8.72. The molecule has 0 saturated heterocycles. The van der Waals surface area contributed by atoms with E-state index < -0.39 is 0 Å². The summed E-state index contributed by atoms with van der Waals surface area (Å²) in [4.78, 5) is 17.7. The van der Waals surface area contributed by atoms with Gasteiger partial charge in [0, 0.05) is 30.2 Å². The Kier molecular flexibility index (Phi) is 3.67.